The van der Waals surface area contributed by atoms with Crippen molar-refractivity contribution in [1.82, 2.24) is 15.5 Å². The Hall–Kier alpha value is -2.10. The fourth-order valence-electron chi connectivity index (χ4n) is 2.27. The number of carbonyl (C=O) groups is 1. The van der Waals surface area contributed by atoms with Crippen molar-refractivity contribution >= 4 is 5.91 Å². The summed E-state index contributed by atoms with van der Waals surface area (Å²) in [5.41, 5.74) is 5.27. The monoisotopic (exact) mass is 271 g/mol. The molecule has 1 aromatic carbocycles. The normalized spacial score (nSPS) is 10.6. The summed E-state index contributed by atoms with van der Waals surface area (Å²) in [6.45, 7) is 6.69. The number of benzene rings is 1. The number of hydrogen-bond donors (Lipinski definition) is 2. The van der Waals surface area contributed by atoms with Gasteiger partial charge >= 0.3 is 0 Å². The molecule has 0 bridgehead atoms. The van der Waals surface area contributed by atoms with E-state index in [9.17, 15) is 4.79 Å². The quantitative estimate of drug-likeness (QED) is 0.821. The van der Waals surface area contributed by atoms with E-state index in [2.05, 4.69) is 15.5 Å². The summed E-state index contributed by atoms with van der Waals surface area (Å²) in [4.78, 5) is 12.1. The van der Waals surface area contributed by atoms with Gasteiger partial charge in [0.05, 0.1) is 6.20 Å². The number of amides is 1. The Morgan fingerprint density at radius 3 is 2.75 bits per heavy atom. The number of aromatic nitrogens is 2. The maximum absolute atomic E-state index is 12.1. The lowest BCUT2D eigenvalue weighted by molar-refractivity contribution is 0.0952. The highest BCUT2D eigenvalue weighted by atomic mass is 16.1. The Bertz CT molecular complexity index is 602. The summed E-state index contributed by atoms with van der Waals surface area (Å²) in [6, 6.07) is 5.89. The van der Waals surface area contributed by atoms with E-state index in [4.69, 9.17) is 0 Å². The van der Waals surface area contributed by atoms with Crippen LogP contribution in [0.3, 0.4) is 0 Å². The van der Waals surface area contributed by atoms with Crippen LogP contribution >= 0.6 is 0 Å². The van der Waals surface area contributed by atoms with Gasteiger partial charge in [-0.15, -0.1) is 0 Å². The molecule has 4 heteroatoms. The SMILES string of the molecule is Cc1ccc(C(=O)NCCCc2cn[nH]c2C)c(C)c1. The molecule has 0 aliphatic heterocycles. The van der Waals surface area contributed by atoms with Crippen molar-refractivity contribution in [2.75, 3.05) is 6.54 Å². The fourth-order valence-corrected chi connectivity index (χ4v) is 2.27. The highest BCUT2D eigenvalue weighted by Gasteiger charge is 2.08. The Labute approximate surface area is 119 Å². The van der Waals surface area contributed by atoms with Crippen LogP contribution in [0, 0.1) is 20.8 Å². The van der Waals surface area contributed by atoms with Crippen LogP contribution in [0.5, 0.6) is 0 Å². The molecule has 106 valence electrons. The van der Waals surface area contributed by atoms with Crippen molar-refractivity contribution in [3.05, 3.63) is 52.3 Å². The van der Waals surface area contributed by atoms with Crippen LogP contribution in [0.15, 0.2) is 24.4 Å². The van der Waals surface area contributed by atoms with E-state index in [1.807, 2.05) is 45.2 Å². The molecule has 1 aromatic heterocycles. The van der Waals surface area contributed by atoms with Gasteiger partial charge in [-0.05, 0) is 50.8 Å². The van der Waals surface area contributed by atoms with Gasteiger partial charge < -0.3 is 5.32 Å². The molecule has 0 atom stereocenters. The van der Waals surface area contributed by atoms with Crippen LogP contribution in [-0.4, -0.2) is 22.6 Å². The summed E-state index contributed by atoms with van der Waals surface area (Å²) in [6.07, 6.45) is 3.69. The van der Waals surface area contributed by atoms with Crippen LogP contribution in [0.1, 0.15) is 39.2 Å². The number of hydrogen-bond acceptors (Lipinski definition) is 2. The second kappa shape index (κ2) is 6.37. The predicted molar refractivity (Wildman–Crippen MR) is 79.9 cm³/mol. The molecule has 0 saturated carbocycles. The lowest BCUT2D eigenvalue weighted by atomic mass is 10.1. The van der Waals surface area contributed by atoms with Crippen molar-refractivity contribution in [1.29, 1.82) is 0 Å². The van der Waals surface area contributed by atoms with Gasteiger partial charge in [-0.3, -0.25) is 9.89 Å². The predicted octanol–water partition coefficient (Wildman–Crippen LogP) is 2.70. The summed E-state index contributed by atoms with van der Waals surface area (Å²) in [5.74, 6) is 0.00594. The van der Waals surface area contributed by atoms with Crippen molar-refractivity contribution in [2.24, 2.45) is 0 Å². The zero-order valence-electron chi connectivity index (χ0n) is 12.3. The molecule has 0 fully saturated rings. The van der Waals surface area contributed by atoms with Gasteiger partial charge in [0.1, 0.15) is 0 Å². The van der Waals surface area contributed by atoms with Crippen molar-refractivity contribution in [2.45, 2.75) is 33.6 Å². The first kappa shape index (κ1) is 14.3. The molecule has 0 aliphatic rings. The van der Waals surface area contributed by atoms with Crippen molar-refractivity contribution in [3.8, 4) is 0 Å². The number of H-pyrrole nitrogens is 1. The minimum absolute atomic E-state index is 0.00594. The molecule has 0 aliphatic carbocycles. The number of rotatable bonds is 5. The number of aryl methyl sites for hydroxylation is 4. The van der Waals surface area contributed by atoms with E-state index in [1.54, 1.807) is 0 Å². The van der Waals surface area contributed by atoms with Crippen molar-refractivity contribution < 1.29 is 4.79 Å². The minimum atomic E-state index is 0.00594. The Balaban J connectivity index is 1.82. The van der Waals surface area contributed by atoms with E-state index in [0.717, 1.165) is 29.7 Å². The molecular formula is C16H21N3O. The molecule has 2 N–H and O–H groups in total. The Morgan fingerprint density at radius 1 is 1.30 bits per heavy atom. The smallest absolute Gasteiger partial charge is 0.251 e. The molecule has 0 spiro atoms. The fraction of sp³-hybridized carbons (Fsp3) is 0.375. The summed E-state index contributed by atoms with van der Waals surface area (Å²) in [5, 5.41) is 9.88. The van der Waals surface area contributed by atoms with Gasteiger partial charge in [0.2, 0.25) is 0 Å². The molecule has 2 aromatic rings. The van der Waals surface area contributed by atoms with Crippen LogP contribution in [0.25, 0.3) is 0 Å². The molecule has 0 radical (unpaired) electrons. The number of nitrogens with zero attached hydrogens (tertiary/aromatic N) is 1. The first-order valence-electron chi connectivity index (χ1n) is 6.92. The average Bonchev–Trinajstić information content (AvgIpc) is 2.80. The summed E-state index contributed by atoms with van der Waals surface area (Å²) >= 11 is 0. The highest BCUT2D eigenvalue weighted by molar-refractivity contribution is 5.95. The second-order valence-corrected chi connectivity index (χ2v) is 5.20. The molecule has 20 heavy (non-hydrogen) atoms. The van der Waals surface area contributed by atoms with Crippen LogP contribution < -0.4 is 5.32 Å². The highest BCUT2D eigenvalue weighted by Crippen LogP contribution is 2.10. The Kier molecular flexibility index (Phi) is 4.56. The third-order valence-corrected chi connectivity index (χ3v) is 3.47. The van der Waals surface area contributed by atoms with Crippen LogP contribution in [0.4, 0.5) is 0 Å². The van der Waals surface area contributed by atoms with E-state index >= 15 is 0 Å². The van der Waals surface area contributed by atoms with E-state index in [1.165, 1.54) is 11.1 Å². The number of nitrogens with one attached hydrogen (secondary N) is 2. The standard InChI is InChI=1S/C16H21N3O/c1-11-6-7-15(12(2)9-11)16(20)17-8-4-5-14-10-18-19-13(14)3/h6-7,9-10H,4-5,8H2,1-3H3,(H,17,20)(H,18,19). The van der Waals surface area contributed by atoms with Crippen LogP contribution in [-0.2, 0) is 6.42 Å². The van der Waals surface area contributed by atoms with Gasteiger partial charge in [0.15, 0.2) is 0 Å². The maximum Gasteiger partial charge on any atom is 0.251 e. The number of carbonyl (C=O) groups excluding carboxylic acids is 1. The molecule has 0 unspecified atom stereocenters. The molecule has 1 heterocycles. The first-order chi connectivity index (χ1) is 9.58. The van der Waals surface area contributed by atoms with Gasteiger partial charge in [0, 0.05) is 17.8 Å². The summed E-state index contributed by atoms with van der Waals surface area (Å²) in [7, 11) is 0. The van der Waals surface area contributed by atoms with Gasteiger partial charge in [-0.2, -0.15) is 5.10 Å². The lowest BCUT2D eigenvalue weighted by Gasteiger charge is -2.08. The van der Waals surface area contributed by atoms with Gasteiger partial charge in [-0.25, -0.2) is 0 Å². The lowest BCUT2D eigenvalue weighted by Crippen LogP contribution is -2.25. The third kappa shape index (κ3) is 3.47. The summed E-state index contributed by atoms with van der Waals surface area (Å²) < 4.78 is 0. The Morgan fingerprint density at radius 2 is 2.10 bits per heavy atom. The molecule has 1 amide bonds. The van der Waals surface area contributed by atoms with Crippen molar-refractivity contribution in [3.63, 3.8) is 0 Å². The molecule has 0 saturated heterocycles. The van der Waals surface area contributed by atoms with Crippen LogP contribution in [0.2, 0.25) is 0 Å². The van der Waals surface area contributed by atoms with Gasteiger partial charge in [-0.1, -0.05) is 17.7 Å². The minimum Gasteiger partial charge on any atom is -0.352 e. The van der Waals surface area contributed by atoms with E-state index in [-0.39, 0.29) is 5.91 Å². The topological polar surface area (TPSA) is 57.8 Å². The zero-order chi connectivity index (χ0) is 14.5. The van der Waals surface area contributed by atoms with E-state index in [0.29, 0.717) is 6.54 Å². The zero-order valence-corrected chi connectivity index (χ0v) is 12.3. The average molecular weight is 271 g/mol. The second-order valence-electron chi connectivity index (χ2n) is 5.20. The molecular weight excluding hydrogens is 250 g/mol. The maximum atomic E-state index is 12.1. The van der Waals surface area contributed by atoms with Gasteiger partial charge in [0.25, 0.3) is 5.91 Å². The van der Waals surface area contributed by atoms with E-state index < -0.39 is 0 Å². The molecule has 2 rings (SSSR count). The third-order valence-electron chi connectivity index (χ3n) is 3.47. The largest absolute Gasteiger partial charge is 0.352 e. The first-order valence-corrected chi connectivity index (χ1v) is 6.92. The molecule has 4 nitrogen and oxygen atoms in total. The number of aromatic amines is 1.